The highest BCUT2D eigenvalue weighted by molar-refractivity contribution is 6.28. The lowest BCUT2D eigenvalue weighted by Crippen LogP contribution is -2.51. The van der Waals surface area contributed by atoms with Gasteiger partial charge in [0.25, 0.3) is 0 Å². The average molecular weight is 364 g/mol. The van der Waals surface area contributed by atoms with Gasteiger partial charge in [-0.05, 0) is 31.5 Å². The van der Waals surface area contributed by atoms with Gasteiger partial charge in [0.1, 0.15) is 5.52 Å². The summed E-state index contributed by atoms with van der Waals surface area (Å²) < 4.78 is 0. The third-order valence-electron chi connectivity index (χ3n) is 5.12. The molecule has 25 heavy (non-hydrogen) atoms. The fraction of sp³-hybridized carbons (Fsp3) is 0.625. The number of rotatable bonds is 2. The van der Waals surface area contributed by atoms with Crippen molar-refractivity contribution in [3.8, 4) is 0 Å². The van der Waals surface area contributed by atoms with Gasteiger partial charge in [-0.3, -0.25) is 4.79 Å². The predicted molar refractivity (Wildman–Crippen MR) is 95.7 cm³/mol. The van der Waals surface area contributed by atoms with E-state index in [9.17, 15) is 4.79 Å². The Morgan fingerprint density at radius 3 is 2.84 bits per heavy atom. The number of nitrogens with zero attached hydrogens (tertiary/aromatic N) is 6. The van der Waals surface area contributed by atoms with Crippen LogP contribution in [0, 0.1) is 5.92 Å². The number of hydrogen-bond donors (Lipinski definition) is 1. The predicted octanol–water partition coefficient (Wildman–Crippen LogP) is 0.997. The zero-order valence-electron chi connectivity index (χ0n) is 14.3. The number of halogens is 1. The molecule has 2 fully saturated rings. The van der Waals surface area contributed by atoms with Crippen LogP contribution in [-0.4, -0.2) is 82.0 Å². The van der Waals surface area contributed by atoms with E-state index in [-0.39, 0.29) is 17.1 Å². The fourth-order valence-electron chi connectivity index (χ4n) is 3.68. The van der Waals surface area contributed by atoms with E-state index in [0.717, 1.165) is 56.9 Å². The maximum atomic E-state index is 12.9. The number of aromatic nitrogens is 4. The van der Waals surface area contributed by atoms with Crippen LogP contribution in [0.15, 0.2) is 6.33 Å². The zero-order valence-corrected chi connectivity index (χ0v) is 15.0. The number of likely N-dealkylation sites (N-methyl/N-ethyl adjacent to an activating group) is 1. The first-order valence-corrected chi connectivity index (χ1v) is 9.08. The molecule has 8 nitrogen and oxygen atoms in total. The van der Waals surface area contributed by atoms with E-state index in [1.165, 1.54) is 0 Å². The average Bonchev–Trinajstić information content (AvgIpc) is 3.09. The molecule has 2 saturated heterocycles. The Bertz CT molecular complexity index is 771. The van der Waals surface area contributed by atoms with Gasteiger partial charge in [0.05, 0.1) is 12.2 Å². The molecule has 2 aliphatic rings. The number of carbonyl (C=O) groups is 1. The van der Waals surface area contributed by atoms with E-state index in [0.29, 0.717) is 12.2 Å². The summed E-state index contributed by atoms with van der Waals surface area (Å²) in [5.41, 5.74) is 1.33. The number of carbonyl (C=O) groups excluding carboxylic acids is 1. The van der Waals surface area contributed by atoms with E-state index in [1.807, 2.05) is 4.90 Å². The lowest BCUT2D eigenvalue weighted by atomic mass is 9.96. The summed E-state index contributed by atoms with van der Waals surface area (Å²) in [4.78, 5) is 35.1. The minimum Gasteiger partial charge on any atom is -0.354 e. The van der Waals surface area contributed by atoms with Gasteiger partial charge in [-0.15, -0.1) is 0 Å². The lowest BCUT2D eigenvalue weighted by Gasteiger charge is -2.38. The molecule has 0 spiro atoms. The van der Waals surface area contributed by atoms with Crippen LogP contribution in [0.5, 0.6) is 0 Å². The van der Waals surface area contributed by atoms with Crippen LogP contribution in [0.2, 0.25) is 5.28 Å². The maximum absolute atomic E-state index is 12.9. The molecule has 0 unspecified atom stereocenters. The van der Waals surface area contributed by atoms with Crippen LogP contribution in [0.4, 0.5) is 5.82 Å². The van der Waals surface area contributed by atoms with Crippen molar-refractivity contribution >= 4 is 34.5 Å². The first kappa shape index (κ1) is 16.5. The van der Waals surface area contributed by atoms with Gasteiger partial charge >= 0.3 is 0 Å². The van der Waals surface area contributed by atoms with Crippen LogP contribution in [0.1, 0.15) is 12.8 Å². The molecule has 0 radical (unpaired) electrons. The monoisotopic (exact) mass is 363 g/mol. The highest BCUT2D eigenvalue weighted by atomic mass is 35.5. The number of fused-ring (bicyclic) bond motifs is 1. The number of H-pyrrole nitrogens is 1. The first-order chi connectivity index (χ1) is 12.1. The van der Waals surface area contributed by atoms with Gasteiger partial charge in [-0.25, -0.2) is 4.98 Å². The second-order valence-electron chi connectivity index (χ2n) is 6.83. The molecule has 4 rings (SSSR count). The van der Waals surface area contributed by atoms with Crippen LogP contribution in [0.25, 0.3) is 11.2 Å². The van der Waals surface area contributed by atoms with Crippen LogP contribution in [0.3, 0.4) is 0 Å². The molecule has 9 heteroatoms. The normalized spacial score (nSPS) is 22.6. The van der Waals surface area contributed by atoms with Gasteiger partial charge in [0.15, 0.2) is 11.5 Å². The summed E-state index contributed by atoms with van der Waals surface area (Å²) in [6.45, 7) is 5.03. The van der Waals surface area contributed by atoms with E-state index < -0.39 is 0 Å². The van der Waals surface area contributed by atoms with Crippen LogP contribution in [-0.2, 0) is 4.79 Å². The van der Waals surface area contributed by atoms with Gasteiger partial charge in [-0.2, -0.15) is 9.97 Å². The van der Waals surface area contributed by atoms with Gasteiger partial charge in [0.2, 0.25) is 11.2 Å². The van der Waals surface area contributed by atoms with E-state index in [4.69, 9.17) is 11.6 Å². The van der Waals surface area contributed by atoms with E-state index in [1.54, 1.807) is 6.33 Å². The number of hydrogen-bond acceptors (Lipinski definition) is 6. The zero-order chi connectivity index (χ0) is 17.4. The number of imidazole rings is 1. The van der Waals surface area contributed by atoms with Crippen molar-refractivity contribution < 1.29 is 4.79 Å². The topological polar surface area (TPSA) is 81.2 Å². The van der Waals surface area contributed by atoms with Gasteiger partial charge < -0.3 is 19.7 Å². The van der Waals surface area contributed by atoms with Crippen LogP contribution >= 0.6 is 11.6 Å². The molecule has 2 aliphatic heterocycles. The van der Waals surface area contributed by atoms with Crippen molar-refractivity contribution in [1.82, 2.24) is 29.7 Å². The van der Waals surface area contributed by atoms with Gasteiger partial charge in [-0.1, -0.05) is 0 Å². The molecule has 134 valence electrons. The molecular weight excluding hydrogens is 342 g/mol. The summed E-state index contributed by atoms with van der Waals surface area (Å²) >= 11 is 6.05. The Balaban J connectivity index is 1.52. The molecule has 2 aromatic rings. The molecule has 1 N–H and O–H groups in total. The SMILES string of the molecule is CN1CCN(C(=O)[C@@H]2CCCN(c3nc(Cl)nc4nc[nH]c34)C2)CC1. The Morgan fingerprint density at radius 1 is 1.24 bits per heavy atom. The summed E-state index contributed by atoms with van der Waals surface area (Å²) in [6.07, 6.45) is 3.48. The Labute approximate surface area is 151 Å². The van der Waals surface area contributed by atoms with E-state index >= 15 is 0 Å². The lowest BCUT2D eigenvalue weighted by molar-refractivity contribution is -0.137. The number of amides is 1. The fourth-order valence-corrected chi connectivity index (χ4v) is 3.84. The highest BCUT2D eigenvalue weighted by Gasteiger charge is 2.32. The highest BCUT2D eigenvalue weighted by Crippen LogP contribution is 2.28. The van der Waals surface area contributed by atoms with Crippen molar-refractivity contribution in [3.05, 3.63) is 11.6 Å². The Hall–Kier alpha value is -1.93. The van der Waals surface area contributed by atoms with Crippen molar-refractivity contribution in [2.45, 2.75) is 12.8 Å². The summed E-state index contributed by atoms with van der Waals surface area (Å²) in [5, 5.41) is 0.183. The molecular formula is C16H22ClN7O. The Morgan fingerprint density at radius 2 is 2.04 bits per heavy atom. The molecule has 0 bridgehead atoms. The Kier molecular flexibility index (Phi) is 4.47. The number of anilines is 1. The maximum Gasteiger partial charge on any atom is 0.227 e. The van der Waals surface area contributed by atoms with Crippen molar-refractivity contribution in [2.24, 2.45) is 5.92 Å². The van der Waals surface area contributed by atoms with Crippen molar-refractivity contribution in [2.75, 3.05) is 51.2 Å². The van der Waals surface area contributed by atoms with Crippen LogP contribution < -0.4 is 4.90 Å². The third kappa shape index (κ3) is 3.28. The van der Waals surface area contributed by atoms with Crippen molar-refractivity contribution in [1.29, 1.82) is 0 Å². The molecule has 4 heterocycles. The molecule has 0 saturated carbocycles. The third-order valence-corrected chi connectivity index (χ3v) is 5.29. The minimum atomic E-state index is 0.00358. The summed E-state index contributed by atoms with van der Waals surface area (Å²) in [5.74, 6) is 1.01. The standard InChI is InChI=1S/C16H22ClN7O/c1-22-5-7-23(8-6-22)15(25)11-3-2-4-24(9-11)14-12-13(19-10-18-12)20-16(17)21-14/h10-11H,2-9H2,1H3,(H,18,19,20,21)/t11-/m1/s1. The number of nitrogens with one attached hydrogen (secondary N) is 1. The largest absolute Gasteiger partial charge is 0.354 e. The smallest absolute Gasteiger partial charge is 0.227 e. The first-order valence-electron chi connectivity index (χ1n) is 8.70. The second kappa shape index (κ2) is 6.76. The van der Waals surface area contributed by atoms with Gasteiger partial charge in [0, 0.05) is 39.3 Å². The minimum absolute atomic E-state index is 0.00358. The second-order valence-corrected chi connectivity index (χ2v) is 7.17. The molecule has 1 amide bonds. The quantitative estimate of drug-likeness (QED) is 0.801. The number of piperazine rings is 1. The molecule has 2 aromatic heterocycles. The summed E-state index contributed by atoms with van der Waals surface area (Å²) in [6, 6.07) is 0. The summed E-state index contributed by atoms with van der Waals surface area (Å²) in [7, 11) is 2.10. The van der Waals surface area contributed by atoms with Crippen molar-refractivity contribution in [3.63, 3.8) is 0 Å². The number of aromatic amines is 1. The molecule has 0 aromatic carbocycles. The van der Waals surface area contributed by atoms with E-state index in [2.05, 4.69) is 36.8 Å². The molecule has 0 aliphatic carbocycles. The number of piperidine rings is 1. The molecule has 1 atom stereocenters.